The van der Waals surface area contributed by atoms with Crippen molar-refractivity contribution in [3.63, 3.8) is 0 Å². The molecule has 0 aliphatic heterocycles. The van der Waals surface area contributed by atoms with Gasteiger partial charge in [-0.2, -0.15) is 0 Å². The highest BCUT2D eigenvalue weighted by molar-refractivity contribution is 5.97. The van der Waals surface area contributed by atoms with Crippen molar-refractivity contribution in [1.29, 1.82) is 0 Å². The highest BCUT2D eigenvalue weighted by Crippen LogP contribution is 2.18. The molecular weight excluding hydrogens is 150 g/mol. The summed E-state index contributed by atoms with van der Waals surface area (Å²) in [6, 6.07) is 7.92. The zero-order valence-corrected chi connectivity index (χ0v) is 6.82. The lowest BCUT2D eigenvalue weighted by Gasteiger charge is -1.86. The van der Waals surface area contributed by atoms with Gasteiger partial charge in [0.15, 0.2) is 0 Å². The minimum Gasteiger partial charge on any atom is -0.464 e. The fourth-order valence-corrected chi connectivity index (χ4v) is 1.24. The van der Waals surface area contributed by atoms with E-state index < -0.39 is 0 Å². The lowest BCUT2D eigenvalue weighted by Crippen LogP contribution is -1.75. The summed E-state index contributed by atoms with van der Waals surface area (Å²) in [5.74, 6) is 0. The van der Waals surface area contributed by atoms with Crippen LogP contribution in [-0.4, -0.2) is 13.3 Å². The third-order valence-electron chi connectivity index (χ3n) is 1.78. The Kier molecular flexibility index (Phi) is 1.67. The van der Waals surface area contributed by atoms with Gasteiger partial charge >= 0.3 is 0 Å². The Bertz CT molecular complexity index is 414. The highest BCUT2D eigenvalue weighted by atomic mass is 16.3. The fourth-order valence-electron chi connectivity index (χ4n) is 1.24. The molecule has 0 N–H and O–H groups in total. The third-order valence-corrected chi connectivity index (χ3v) is 1.78. The van der Waals surface area contributed by atoms with Crippen molar-refractivity contribution >= 4 is 17.2 Å². The zero-order valence-electron chi connectivity index (χ0n) is 6.82. The second-order valence-electron chi connectivity index (χ2n) is 2.57. The van der Waals surface area contributed by atoms with Gasteiger partial charge in [-0.3, -0.25) is 4.99 Å². The van der Waals surface area contributed by atoms with Gasteiger partial charge in [0.05, 0.1) is 0 Å². The maximum atomic E-state index is 5.31. The van der Waals surface area contributed by atoms with Gasteiger partial charge in [-0.25, -0.2) is 0 Å². The van der Waals surface area contributed by atoms with Crippen LogP contribution in [0.5, 0.6) is 0 Å². The van der Waals surface area contributed by atoms with Crippen molar-refractivity contribution < 1.29 is 4.42 Å². The summed E-state index contributed by atoms with van der Waals surface area (Å²) >= 11 is 0. The van der Waals surface area contributed by atoms with Crippen LogP contribution in [-0.2, 0) is 0 Å². The van der Waals surface area contributed by atoms with Gasteiger partial charge in [-0.05, 0) is 6.07 Å². The monoisotopic (exact) mass is 159 g/mol. The van der Waals surface area contributed by atoms with Gasteiger partial charge in [-0.15, -0.1) is 0 Å². The molecular formula is C10H9NO. The first-order chi connectivity index (χ1) is 5.92. The average Bonchev–Trinajstić information content (AvgIpc) is 2.50. The summed E-state index contributed by atoms with van der Waals surface area (Å²) in [6.45, 7) is 0. The lowest BCUT2D eigenvalue weighted by atomic mass is 10.2. The predicted octanol–water partition coefficient (Wildman–Crippen LogP) is 2.48. The smallest absolute Gasteiger partial charge is 0.134 e. The van der Waals surface area contributed by atoms with E-state index in [9.17, 15) is 0 Å². The first kappa shape index (κ1) is 7.10. The number of nitrogens with zero attached hydrogens (tertiary/aromatic N) is 1. The van der Waals surface area contributed by atoms with E-state index in [1.54, 1.807) is 19.5 Å². The summed E-state index contributed by atoms with van der Waals surface area (Å²) in [5.41, 5.74) is 1.94. The molecule has 1 aromatic carbocycles. The molecule has 2 rings (SSSR count). The Morgan fingerprint density at radius 2 is 2.17 bits per heavy atom. The zero-order chi connectivity index (χ0) is 8.39. The van der Waals surface area contributed by atoms with Gasteiger partial charge in [-0.1, -0.05) is 18.2 Å². The molecule has 60 valence electrons. The molecule has 0 spiro atoms. The van der Waals surface area contributed by atoms with Crippen molar-refractivity contribution in [2.75, 3.05) is 7.05 Å². The Morgan fingerprint density at radius 1 is 1.33 bits per heavy atom. The summed E-state index contributed by atoms with van der Waals surface area (Å²) in [4.78, 5) is 3.94. The number of hydrogen-bond acceptors (Lipinski definition) is 2. The van der Waals surface area contributed by atoms with Crippen LogP contribution in [0.2, 0.25) is 0 Å². The van der Waals surface area contributed by atoms with Crippen LogP contribution >= 0.6 is 0 Å². The molecule has 12 heavy (non-hydrogen) atoms. The van der Waals surface area contributed by atoms with E-state index in [2.05, 4.69) is 4.99 Å². The maximum absolute atomic E-state index is 5.31. The molecule has 0 aliphatic carbocycles. The first-order valence-corrected chi connectivity index (χ1v) is 3.80. The second-order valence-corrected chi connectivity index (χ2v) is 2.57. The number of hydrogen-bond donors (Lipinski definition) is 0. The normalized spacial score (nSPS) is 11.4. The second kappa shape index (κ2) is 2.81. The summed E-state index contributed by atoms with van der Waals surface area (Å²) < 4.78 is 5.31. The van der Waals surface area contributed by atoms with Crippen LogP contribution in [0, 0.1) is 0 Å². The summed E-state index contributed by atoms with van der Waals surface area (Å²) in [5, 5.41) is 1.11. The van der Waals surface area contributed by atoms with Crippen molar-refractivity contribution in [2.45, 2.75) is 0 Å². The quantitative estimate of drug-likeness (QED) is 0.587. The Balaban J connectivity index is 2.70. The highest BCUT2D eigenvalue weighted by Gasteiger charge is 2.00. The number of benzene rings is 1. The molecule has 1 aromatic heterocycles. The standard InChI is InChI=1S/C10H9NO/c1-11-6-8-7-12-10-5-3-2-4-9(8)10/h2-7H,1H3/b11-6-. The number of para-hydroxylation sites is 1. The van der Waals surface area contributed by atoms with Gasteiger partial charge in [0.25, 0.3) is 0 Å². The average molecular weight is 159 g/mol. The number of aliphatic imine (C=N–C) groups is 1. The van der Waals surface area contributed by atoms with Crippen LogP contribution in [0.25, 0.3) is 11.0 Å². The minimum absolute atomic E-state index is 0.910. The lowest BCUT2D eigenvalue weighted by molar-refractivity contribution is 0.615. The van der Waals surface area contributed by atoms with Gasteiger partial charge in [0.2, 0.25) is 0 Å². The Hall–Kier alpha value is -1.57. The molecule has 0 fully saturated rings. The van der Waals surface area contributed by atoms with E-state index in [4.69, 9.17) is 4.42 Å². The van der Waals surface area contributed by atoms with Crippen LogP contribution in [0.15, 0.2) is 39.9 Å². The maximum Gasteiger partial charge on any atom is 0.134 e. The molecule has 0 radical (unpaired) electrons. The van der Waals surface area contributed by atoms with Crippen LogP contribution in [0.3, 0.4) is 0 Å². The van der Waals surface area contributed by atoms with E-state index in [1.807, 2.05) is 24.3 Å². The SMILES string of the molecule is C/N=C\c1coc2ccccc12. The van der Waals surface area contributed by atoms with Gasteiger partial charge in [0.1, 0.15) is 11.8 Å². The predicted molar refractivity (Wildman–Crippen MR) is 49.7 cm³/mol. The molecule has 1 heterocycles. The molecule has 0 unspecified atom stereocenters. The number of furan rings is 1. The minimum atomic E-state index is 0.910. The molecule has 0 aliphatic rings. The van der Waals surface area contributed by atoms with Crippen molar-refractivity contribution in [3.8, 4) is 0 Å². The van der Waals surface area contributed by atoms with Crippen molar-refractivity contribution in [3.05, 3.63) is 36.1 Å². The molecule has 2 nitrogen and oxygen atoms in total. The first-order valence-electron chi connectivity index (χ1n) is 3.80. The van der Waals surface area contributed by atoms with Crippen LogP contribution in [0.4, 0.5) is 0 Å². The van der Waals surface area contributed by atoms with E-state index >= 15 is 0 Å². The van der Waals surface area contributed by atoms with Crippen LogP contribution in [0.1, 0.15) is 5.56 Å². The van der Waals surface area contributed by atoms with Crippen LogP contribution < -0.4 is 0 Å². The third kappa shape index (κ3) is 1.01. The Labute approximate surface area is 70.5 Å². The van der Waals surface area contributed by atoms with Gasteiger partial charge < -0.3 is 4.42 Å². The topological polar surface area (TPSA) is 25.5 Å². The van der Waals surface area contributed by atoms with E-state index in [-0.39, 0.29) is 0 Å². The number of fused-ring (bicyclic) bond motifs is 1. The molecule has 2 aromatic rings. The van der Waals surface area contributed by atoms with Crippen molar-refractivity contribution in [1.82, 2.24) is 0 Å². The molecule has 2 heteroatoms. The molecule has 0 amide bonds. The van der Waals surface area contributed by atoms with Gasteiger partial charge in [0, 0.05) is 24.2 Å². The summed E-state index contributed by atoms with van der Waals surface area (Å²) in [7, 11) is 1.75. The molecule has 0 atom stereocenters. The van der Waals surface area contributed by atoms with E-state index in [1.165, 1.54) is 0 Å². The molecule has 0 saturated carbocycles. The van der Waals surface area contributed by atoms with E-state index in [0.717, 1.165) is 16.5 Å². The molecule has 0 saturated heterocycles. The number of rotatable bonds is 1. The van der Waals surface area contributed by atoms with E-state index in [0.29, 0.717) is 0 Å². The Morgan fingerprint density at radius 3 is 3.00 bits per heavy atom. The molecule has 0 bridgehead atoms. The largest absolute Gasteiger partial charge is 0.464 e. The fraction of sp³-hybridized carbons (Fsp3) is 0.100. The van der Waals surface area contributed by atoms with Crippen molar-refractivity contribution in [2.24, 2.45) is 4.99 Å². The summed E-state index contributed by atoms with van der Waals surface area (Å²) in [6.07, 6.45) is 3.52.